The summed E-state index contributed by atoms with van der Waals surface area (Å²) >= 11 is 0. The fourth-order valence-corrected chi connectivity index (χ4v) is 5.59. The number of benzene rings is 1. The number of carboxylic acid groups (broad SMARTS) is 1. The number of carbonyl (C=O) groups excluding carboxylic acids is 1. The lowest BCUT2D eigenvalue weighted by Crippen LogP contribution is -2.52. The third-order valence-electron chi connectivity index (χ3n) is 7.57. The third kappa shape index (κ3) is 4.97. The molecule has 7 heteroatoms. The van der Waals surface area contributed by atoms with Crippen molar-refractivity contribution in [2.24, 2.45) is 11.3 Å². The van der Waals surface area contributed by atoms with Gasteiger partial charge in [-0.3, -0.25) is 4.79 Å². The number of piperidine rings is 1. The highest BCUT2D eigenvalue weighted by Crippen LogP contribution is 2.39. The molecule has 1 aromatic rings. The summed E-state index contributed by atoms with van der Waals surface area (Å²) in [7, 11) is -1.97. The first-order valence-electron chi connectivity index (χ1n) is 11.7. The van der Waals surface area contributed by atoms with Gasteiger partial charge in [-0.25, -0.2) is 4.79 Å². The Bertz CT molecular complexity index is 885. The van der Waals surface area contributed by atoms with Gasteiger partial charge in [-0.05, 0) is 60.0 Å². The fraction of sp³-hybridized carbons (Fsp3) is 0.680. The lowest BCUT2D eigenvalue weighted by molar-refractivity contribution is 0.0310. The summed E-state index contributed by atoms with van der Waals surface area (Å²) in [5, 5.41) is 9.71. The average Bonchev–Trinajstić information content (AvgIpc) is 2.95. The molecule has 0 aliphatic carbocycles. The number of hydrogen-bond donors (Lipinski definition) is 1. The zero-order valence-corrected chi connectivity index (χ0v) is 22.0. The summed E-state index contributed by atoms with van der Waals surface area (Å²) in [6.45, 7) is 19.2. The first-order valence-corrected chi connectivity index (χ1v) is 14.6. The number of likely N-dealkylation sites (tertiary alicyclic amines) is 1. The van der Waals surface area contributed by atoms with Crippen LogP contribution in [0.1, 0.15) is 70.3 Å². The molecular weight excluding hydrogens is 420 g/mol. The van der Waals surface area contributed by atoms with E-state index in [1.54, 1.807) is 4.90 Å². The minimum atomic E-state index is -1.97. The highest BCUT2D eigenvalue weighted by atomic mass is 28.4. The van der Waals surface area contributed by atoms with Crippen LogP contribution in [0.25, 0.3) is 0 Å². The van der Waals surface area contributed by atoms with Gasteiger partial charge >= 0.3 is 6.09 Å². The number of rotatable bonds is 4. The van der Waals surface area contributed by atoms with Crippen LogP contribution >= 0.6 is 0 Å². The van der Waals surface area contributed by atoms with Gasteiger partial charge in [0.1, 0.15) is 5.75 Å². The second kappa shape index (κ2) is 8.40. The Morgan fingerprint density at radius 2 is 1.84 bits per heavy atom. The highest BCUT2D eigenvalue weighted by molar-refractivity contribution is 6.74. The normalized spacial score (nSPS) is 22.2. The van der Waals surface area contributed by atoms with Gasteiger partial charge in [-0.2, -0.15) is 0 Å². The molecule has 2 aliphatic rings. The zero-order valence-electron chi connectivity index (χ0n) is 21.0. The first-order chi connectivity index (χ1) is 14.6. The SMILES string of the molecule is CC(C)(C)C1CC(CN2Cc3ccc(O[Si](C)(C)C(C)(C)C)cc3C2=O)CCN1C(=O)O. The molecule has 0 radical (unpaired) electrons. The van der Waals surface area contributed by atoms with E-state index in [1.165, 1.54) is 0 Å². The van der Waals surface area contributed by atoms with Crippen LogP contribution in [-0.4, -0.2) is 54.4 Å². The standard InChI is InChI=1S/C25H40N2O4Si/c1-24(2,3)21-13-17(11-12-27(21)23(29)30)15-26-16-18-9-10-19(14-20(18)22(26)28)31-32(7,8)25(4,5)6/h9-10,14,17,21H,11-13,15-16H2,1-8H3,(H,29,30). The monoisotopic (exact) mass is 460 g/mol. The summed E-state index contributed by atoms with van der Waals surface area (Å²) in [6, 6.07) is 5.91. The topological polar surface area (TPSA) is 70.1 Å². The van der Waals surface area contributed by atoms with Crippen molar-refractivity contribution in [1.29, 1.82) is 0 Å². The molecule has 0 spiro atoms. The Morgan fingerprint density at radius 3 is 2.41 bits per heavy atom. The van der Waals surface area contributed by atoms with Crippen molar-refractivity contribution in [3.63, 3.8) is 0 Å². The smallest absolute Gasteiger partial charge is 0.407 e. The van der Waals surface area contributed by atoms with E-state index < -0.39 is 14.4 Å². The molecule has 1 fully saturated rings. The van der Waals surface area contributed by atoms with E-state index in [4.69, 9.17) is 4.43 Å². The molecule has 3 rings (SSSR count). The molecule has 32 heavy (non-hydrogen) atoms. The van der Waals surface area contributed by atoms with Crippen LogP contribution in [0.15, 0.2) is 18.2 Å². The van der Waals surface area contributed by atoms with Crippen LogP contribution in [0.3, 0.4) is 0 Å². The van der Waals surface area contributed by atoms with E-state index in [0.29, 0.717) is 25.6 Å². The number of amides is 2. The minimum absolute atomic E-state index is 0.0385. The fourth-order valence-electron chi connectivity index (χ4n) is 4.56. The van der Waals surface area contributed by atoms with Crippen molar-refractivity contribution in [2.75, 3.05) is 13.1 Å². The average molecular weight is 461 g/mol. The summed E-state index contributed by atoms with van der Waals surface area (Å²) < 4.78 is 6.42. The maximum atomic E-state index is 13.2. The second-order valence-electron chi connectivity index (χ2n) is 12.1. The minimum Gasteiger partial charge on any atom is -0.543 e. The Labute approximate surface area is 194 Å². The molecule has 0 saturated carbocycles. The quantitative estimate of drug-likeness (QED) is 0.574. The molecule has 2 unspecified atom stereocenters. The van der Waals surface area contributed by atoms with Crippen molar-refractivity contribution >= 4 is 20.3 Å². The lowest BCUT2D eigenvalue weighted by Gasteiger charge is -2.45. The number of hydrogen-bond acceptors (Lipinski definition) is 3. The Balaban J connectivity index is 1.71. The van der Waals surface area contributed by atoms with Crippen molar-refractivity contribution in [3.8, 4) is 5.75 Å². The number of carbonyl (C=O) groups is 2. The van der Waals surface area contributed by atoms with E-state index in [2.05, 4.69) is 54.6 Å². The van der Waals surface area contributed by atoms with Crippen LogP contribution in [0.5, 0.6) is 5.75 Å². The predicted molar refractivity (Wildman–Crippen MR) is 130 cm³/mol. The predicted octanol–water partition coefficient (Wildman–Crippen LogP) is 5.83. The van der Waals surface area contributed by atoms with Crippen LogP contribution in [0.2, 0.25) is 18.1 Å². The van der Waals surface area contributed by atoms with Crippen molar-refractivity contribution in [1.82, 2.24) is 9.80 Å². The van der Waals surface area contributed by atoms with Gasteiger partial charge < -0.3 is 19.3 Å². The van der Waals surface area contributed by atoms with Gasteiger partial charge in [-0.1, -0.05) is 47.6 Å². The Morgan fingerprint density at radius 1 is 1.19 bits per heavy atom. The van der Waals surface area contributed by atoms with Crippen LogP contribution in [0, 0.1) is 11.3 Å². The van der Waals surface area contributed by atoms with Gasteiger partial charge in [0.05, 0.1) is 0 Å². The molecule has 2 amide bonds. The summed E-state index contributed by atoms with van der Waals surface area (Å²) in [5.74, 6) is 1.15. The van der Waals surface area contributed by atoms with Crippen LogP contribution < -0.4 is 4.43 Å². The number of nitrogens with zero attached hydrogens (tertiary/aromatic N) is 2. The summed E-state index contributed by atoms with van der Waals surface area (Å²) in [4.78, 5) is 28.4. The van der Waals surface area contributed by atoms with E-state index >= 15 is 0 Å². The van der Waals surface area contributed by atoms with E-state index in [1.807, 2.05) is 23.1 Å². The highest BCUT2D eigenvalue weighted by Gasteiger charge is 2.41. The maximum absolute atomic E-state index is 13.2. The number of fused-ring (bicyclic) bond motifs is 1. The van der Waals surface area contributed by atoms with Gasteiger partial charge in [-0.15, -0.1) is 0 Å². The molecule has 2 aliphatic heterocycles. The molecule has 0 aromatic heterocycles. The van der Waals surface area contributed by atoms with Crippen molar-refractivity contribution in [3.05, 3.63) is 29.3 Å². The second-order valence-corrected chi connectivity index (χ2v) is 16.8. The van der Waals surface area contributed by atoms with Gasteiger partial charge in [0, 0.05) is 31.2 Å². The molecule has 0 bridgehead atoms. The molecular formula is C25H40N2O4Si. The summed E-state index contributed by atoms with van der Waals surface area (Å²) in [6.07, 6.45) is 0.733. The third-order valence-corrected chi connectivity index (χ3v) is 11.9. The molecule has 178 valence electrons. The first kappa shape index (κ1) is 24.6. The maximum Gasteiger partial charge on any atom is 0.407 e. The van der Waals surface area contributed by atoms with Gasteiger partial charge in [0.15, 0.2) is 0 Å². The van der Waals surface area contributed by atoms with E-state index in [-0.39, 0.29) is 22.4 Å². The van der Waals surface area contributed by atoms with E-state index in [9.17, 15) is 14.7 Å². The van der Waals surface area contributed by atoms with Gasteiger partial charge in [0.2, 0.25) is 8.32 Å². The Hall–Kier alpha value is -2.02. The molecule has 1 aromatic carbocycles. The summed E-state index contributed by atoms with van der Waals surface area (Å²) in [5.41, 5.74) is 1.66. The van der Waals surface area contributed by atoms with Crippen molar-refractivity contribution < 1.29 is 19.1 Å². The van der Waals surface area contributed by atoms with Gasteiger partial charge in [0.25, 0.3) is 5.91 Å². The van der Waals surface area contributed by atoms with Crippen molar-refractivity contribution in [2.45, 2.75) is 85.1 Å². The molecule has 2 heterocycles. The van der Waals surface area contributed by atoms with Crippen LogP contribution in [-0.2, 0) is 6.54 Å². The van der Waals surface area contributed by atoms with Crippen LogP contribution in [0.4, 0.5) is 4.79 Å². The molecule has 1 saturated heterocycles. The Kier molecular flexibility index (Phi) is 6.46. The largest absolute Gasteiger partial charge is 0.543 e. The molecule has 1 N–H and O–H groups in total. The molecule has 2 atom stereocenters. The lowest BCUT2D eigenvalue weighted by atomic mass is 9.77. The zero-order chi connectivity index (χ0) is 24.1. The molecule has 6 nitrogen and oxygen atoms in total. The van der Waals surface area contributed by atoms with E-state index in [0.717, 1.165) is 29.7 Å².